The highest BCUT2D eigenvalue weighted by Crippen LogP contribution is 2.63. The molecule has 3 heteroatoms. The first-order chi connectivity index (χ1) is 10.9. The minimum Gasteiger partial charge on any atom is -0.299 e. The van der Waals surface area contributed by atoms with Crippen molar-refractivity contribution < 1.29 is 14.4 Å². The van der Waals surface area contributed by atoms with Crippen molar-refractivity contribution >= 4 is 17.3 Å². The Morgan fingerprint density at radius 3 is 2.43 bits per heavy atom. The van der Waals surface area contributed by atoms with Gasteiger partial charge in [-0.2, -0.15) is 0 Å². The normalized spacial score (nSPS) is 50.1. The van der Waals surface area contributed by atoms with E-state index in [1.165, 1.54) is 6.42 Å². The lowest BCUT2D eigenvalue weighted by Crippen LogP contribution is -2.58. The highest BCUT2D eigenvalue weighted by molar-refractivity contribution is 6.38. The van der Waals surface area contributed by atoms with Crippen LogP contribution in [0.25, 0.3) is 0 Å². The lowest BCUT2D eigenvalue weighted by molar-refractivity contribution is -0.164. The van der Waals surface area contributed by atoms with E-state index in [0.717, 1.165) is 44.9 Å². The maximum Gasteiger partial charge on any atom is 0.201 e. The van der Waals surface area contributed by atoms with Crippen LogP contribution in [-0.4, -0.2) is 17.3 Å². The lowest BCUT2D eigenvalue weighted by atomic mass is 9.43. The van der Waals surface area contributed by atoms with Crippen LogP contribution in [-0.2, 0) is 14.4 Å². The quantitative estimate of drug-likeness (QED) is 0.640. The summed E-state index contributed by atoms with van der Waals surface area (Å²) in [6, 6.07) is 0. The average Bonchev–Trinajstić information content (AvgIpc) is 2.52. The van der Waals surface area contributed by atoms with E-state index >= 15 is 0 Å². The van der Waals surface area contributed by atoms with Gasteiger partial charge in [-0.1, -0.05) is 13.8 Å². The third kappa shape index (κ3) is 1.97. The van der Waals surface area contributed by atoms with Crippen molar-refractivity contribution in [3.63, 3.8) is 0 Å². The maximum atomic E-state index is 12.6. The number of hydrogen-bond donors (Lipinski definition) is 0. The molecule has 0 amide bonds. The van der Waals surface area contributed by atoms with E-state index in [4.69, 9.17) is 0 Å². The second-order valence-corrected chi connectivity index (χ2v) is 9.07. The summed E-state index contributed by atoms with van der Waals surface area (Å²) in [5.41, 5.74) is -0.118. The zero-order valence-corrected chi connectivity index (χ0v) is 14.4. The first kappa shape index (κ1) is 15.5. The number of carbonyl (C=O) groups is 3. The molecule has 126 valence electrons. The van der Waals surface area contributed by atoms with E-state index in [9.17, 15) is 14.4 Å². The van der Waals surface area contributed by atoms with Crippen LogP contribution in [0.5, 0.6) is 0 Å². The lowest BCUT2D eigenvalue weighted by Gasteiger charge is -2.60. The number of rotatable bonds is 0. The Hall–Kier alpha value is -0.990. The summed E-state index contributed by atoms with van der Waals surface area (Å²) in [4.78, 5) is 36.9. The van der Waals surface area contributed by atoms with Gasteiger partial charge >= 0.3 is 0 Å². The molecule has 4 rings (SSSR count). The van der Waals surface area contributed by atoms with Gasteiger partial charge in [-0.15, -0.1) is 0 Å². The molecule has 0 aromatic carbocycles. The molecular weight excluding hydrogens is 288 g/mol. The standard InChI is InChI=1S/C20H28O3/c1-19-11-9-16(21)18(23)15(19)7-6-12-13-4-3-5-17(22)20(13,2)10-8-14(12)19/h12-15H,3-11H2,1-2H3. The van der Waals surface area contributed by atoms with Crippen LogP contribution in [0.1, 0.15) is 71.6 Å². The third-order valence-electron chi connectivity index (χ3n) is 8.30. The predicted octanol–water partition coefficient (Wildman–Crippen LogP) is 3.74. The molecule has 6 unspecified atom stereocenters. The summed E-state index contributed by atoms with van der Waals surface area (Å²) in [5.74, 6) is 1.82. The molecule has 3 nitrogen and oxygen atoms in total. The van der Waals surface area contributed by atoms with E-state index in [1.54, 1.807) is 0 Å². The van der Waals surface area contributed by atoms with Crippen molar-refractivity contribution in [2.45, 2.75) is 71.6 Å². The van der Waals surface area contributed by atoms with E-state index in [1.807, 2.05) is 0 Å². The molecule has 4 aliphatic carbocycles. The summed E-state index contributed by atoms with van der Waals surface area (Å²) in [6.45, 7) is 4.48. The smallest absolute Gasteiger partial charge is 0.201 e. The van der Waals surface area contributed by atoms with Crippen LogP contribution >= 0.6 is 0 Å². The zero-order chi connectivity index (χ0) is 16.4. The highest BCUT2D eigenvalue weighted by Gasteiger charge is 2.60. The van der Waals surface area contributed by atoms with Crippen molar-refractivity contribution in [1.29, 1.82) is 0 Å². The van der Waals surface area contributed by atoms with Crippen molar-refractivity contribution in [1.82, 2.24) is 0 Å². The second-order valence-electron chi connectivity index (χ2n) is 9.07. The van der Waals surface area contributed by atoms with Crippen molar-refractivity contribution in [3.8, 4) is 0 Å². The SMILES string of the molecule is CC12CCC3C(CCC4C(=O)C(=O)CCC43C)C1CCCC2=O. The van der Waals surface area contributed by atoms with Crippen LogP contribution in [0.2, 0.25) is 0 Å². The summed E-state index contributed by atoms with van der Waals surface area (Å²) < 4.78 is 0. The van der Waals surface area contributed by atoms with Gasteiger partial charge in [0.15, 0.2) is 5.78 Å². The monoisotopic (exact) mass is 316 g/mol. The number of ketones is 3. The summed E-state index contributed by atoms with van der Waals surface area (Å²) in [7, 11) is 0. The Bertz CT molecular complexity index is 579. The van der Waals surface area contributed by atoms with E-state index in [2.05, 4.69) is 13.8 Å². The minimum absolute atomic E-state index is 0.00423. The molecule has 23 heavy (non-hydrogen) atoms. The fourth-order valence-electron chi connectivity index (χ4n) is 6.91. The summed E-state index contributed by atoms with van der Waals surface area (Å²) >= 11 is 0. The van der Waals surface area contributed by atoms with Crippen LogP contribution in [0.15, 0.2) is 0 Å². The molecule has 0 heterocycles. The first-order valence-electron chi connectivity index (χ1n) is 9.48. The van der Waals surface area contributed by atoms with Crippen molar-refractivity contribution in [2.24, 2.45) is 34.5 Å². The van der Waals surface area contributed by atoms with E-state index < -0.39 is 0 Å². The molecule has 0 spiro atoms. The molecule has 0 bridgehead atoms. The number of hydrogen-bond acceptors (Lipinski definition) is 3. The van der Waals surface area contributed by atoms with Gasteiger partial charge in [0.05, 0.1) is 0 Å². The van der Waals surface area contributed by atoms with Gasteiger partial charge < -0.3 is 0 Å². The fourth-order valence-corrected chi connectivity index (χ4v) is 6.91. The van der Waals surface area contributed by atoms with Crippen molar-refractivity contribution in [2.75, 3.05) is 0 Å². The number of Topliss-reactive ketones (excluding diaryl/α,β-unsaturated/α-hetero) is 3. The van der Waals surface area contributed by atoms with Gasteiger partial charge in [-0.3, -0.25) is 14.4 Å². The third-order valence-corrected chi connectivity index (χ3v) is 8.30. The Morgan fingerprint density at radius 1 is 0.870 bits per heavy atom. The Labute approximate surface area is 138 Å². The Kier molecular flexibility index (Phi) is 3.38. The van der Waals surface area contributed by atoms with E-state index in [0.29, 0.717) is 30.0 Å². The van der Waals surface area contributed by atoms with Gasteiger partial charge in [0, 0.05) is 24.2 Å². The first-order valence-corrected chi connectivity index (χ1v) is 9.48. The molecule has 0 radical (unpaired) electrons. The molecule has 6 atom stereocenters. The summed E-state index contributed by atoms with van der Waals surface area (Å²) in [6.07, 6.45) is 8.26. The Morgan fingerprint density at radius 2 is 1.65 bits per heavy atom. The Balaban J connectivity index is 1.68. The predicted molar refractivity (Wildman–Crippen MR) is 86.7 cm³/mol. The van der Waals surface area contributed by atoms with E-state index in [-0.39, 0.29) is 28.3 Å². The van der Waals surface area contributed by atoms with Crippen molar-refractivity contribution in [3.05, 3.63) is 0 Å². The van der Waals surface area contributed by atoms with Gasteiger partial charge in [0.2, 0.25) is 5.78 Å². The van der Waals surface area contributed by atoms with Gasteiger partial charge in [0.1, 0.15) is 5.78 Å². The topological polar surface area (TPSA) is 51.2 Å². The molecule has 0 aliphatic heterocycles. The van der Waals surface area contributed by atoms with Gasteiger partial charge in [-0.05, 0) is 68.1 Å². The number of fused-ring (bicyclic) bond motifs is 5. The van der Waals surface area contributed by atoms with Gasteiger partial charge in [-0.25, -0.2) is 0 Å². The van der Waals surface area contributed by atoms with Crippen LogP contribution in [0.3, 0.4) is 0 Å². The molecule has 0 aromatic heterocycles. The molecular formula is C20H28O3. The molecule has 4 saturated carbocycles. The number of carbonyl (C=O) groups excluding carboxylic acids is 3. The fraction of sp³-hybridized carbons (Fsp3) is 0.850. The molecule has 0 saturated heterocycles. The minimum atomic E-state index is -0.139. The molecule has 0 N–H and O–H groups in total. The average molecular weight is 316 g/mol. The molecule has 4 aliphatic rings. The molecule has 4 fully saturated rings. The van der Waals surface area contributed by atoms with Crippen LogP contribution in [0.4, 0.5) is 0 Å². The molecule has 0 aromatic rings. The van der Waals surface area contributed by atoms with Crippen LogP contribution in [0, 0.1) is 34.5 Å². The highest BCUT2D eigenvalue weighted by atomic mass is 16.2. The maximum absolute atomic E-state index is 12.6. The van der Waals surface area contributed by atoms with Crippen LogP contribution < -0.4 is 0 Å². The largest absolute Gasteiger partial charge is 0.299 e. The summed E-state index contributed by atoms with van der Waals surface area (Å²) in [5, 5.41) is 0. The second kappa shape index (κ2) is 5.00. The zero-order valence-electron chi connectivity index (χ0n) is 14.4. The van der Waals surface area contributed by atoms with Gasteiger partial charge in [0.25, 0.3) is 0 Å².